The maximum atomic E-state index is 10.9. The van der Waals surface area contributed by atoms with Crippen LogP contribution in [0.1, 0.15) is 17.3 Å². The van der Waals surface area contributed by atoms with Crippen LogP contribution in [0.5, 0.6) is 0 Å². The Balaban J connectivity index is 3.28. The third-order valence-electron chi connectivity index (χ3n) is 1.74. The van der Waals surface area contributed by atoms with Gasteiger partial charge in [0, 0.05) is 18.2 Å². The molecule has 1 rings (SSSR count). The molecule has 7 heteroatoms. The second-order valence-electron chi connectivity index (χ2n) is 3.03. The first-order chi connectivity index (χ1) is 7.34. The van der Waals surface area contributed by atoms with Gasteiger partial charge in [-0.2, -0.15) is 8.42 Å². The van der Waals surface area contributed by atoms with Crippen molar-refractivity contribution in [2.24, 2.45) is 0 Å². The Kier molecular flexibility index (Phi) is 3.41. The van der Waals surface area contributed by atoms with Gasteiger partial charge in [-0.15, -0.1) is 0 Å². The SMILES string of the molecule is CC(=O)Nc1ccc(S(=O)(=O)O)c(C=O)c1. The maximum absolute atomic E-state index is 10.9. The second kappa shape index (κ2) is 4.42. The van der Waals surface area contributed by atoms with Crippen molar-refractivity contribution < 1.29 is 22.6 Å². The Labute approximate surface area is 92.0 Å². The molecular formula is C9H9NO5S. The van der Waals surface area contributed by atoms with Crippen LogP contribution >= 0.6 is 0 Å². The predicted octanol–water partition coefficient (Wildman–Crippen LogP) is 0.704. The summed E-state index contributed by atoms with van der Waals surface area (Å²) < 4.78 is 30.5. The van der Waals surface area contributed by atoms with Gasteiger partial charge in [0.05, 0.1) is 0 Å². The molecular weight excluding hydrogens is 234 g/mol. The number of benzene rings is 1. The van der Waals surface area contributed by atoms with E-state index in [0.717, 1.165) is 12.1 Å². The predicted molar refractivity (Wildman–Crippen MR) is 55.9 cm³/mol. The highest BCUT2D eigenvalue weighted by atomic mass is 32.2. The van der Waals surface area contributed by atoms with E-state index < -0.39 is 15.0 Å². The zero-order valence-corrected chi connectivity index (χ0v) is 9.11. The lowest BCUT2D eigenvalue weighted by Crippen LogP contribution is -2.08. The van der Waals surface area contributed by atoms with Crippen molar-refractivity contribution in [2.75, 3.05) is 5.32 Å². The largest absolute Gasteiger partial charge is 0.326 e. The van der Waals surface area contributed by atoms with Crippen molar-refractivity contribution >= 4 is 28.0 Å². The average Bonchev–Trinajstić information content (AvgIpc) is 2.14. The van der Waals surface area contributed by atoms with Crippen molar-refractivity contribution in [3.05, 3.63) is 23.8 Å². The molecule has 0 saturated carbocycles. The summed E-state index contributed by atoms with van der Waals surface area (Å²) in [7, 11) is -4.43. The fourth-order valence-electron chi connectivity index (χ4n) is 1.16. The van der Waals surface area contributed by atoms with Crippen molar-refractivity contribution in [3.8, 4) is 0 Å². The van der Waals surface area contributed by atoms with Gasteiger partial charge in [-0.25, -0.2) is 0 Å². The number of aldehydes is 1. The van der Waals surface area contributed by atoms with Crippen LogP contribution in [0.2, 0.25) is 0 Å². The highest BCUT2D eigenvalue weighted by Gasteiger charge is 2.15. The number of hydrogen-bond acceptors (Lipinski definition) is 4. The Morgan fingerprint density at radius 3 is 2.50 bits per heavy atom. The minimum atomic E-state index is -4.43. The highest BCUT2D eigenvalue weighted by molar-refractivity contribution is 7.86. The number of rotatable bonds is 3. The first kappa shape index (κ1) is 12.3. The van der Waals surface area contributed by atoms with Gasteiger partial charge in [-0.1, -0.05) is 0 Å². The molecule has 86 valence electrons. The molecule has 1 aromatic rings. The number of hydrogen-bond donors (Lipinski definition) is 2. The summed E-state index contributed by atoms with van der Waals surface area (Å²) in [5.74, 6) is -0.351. The summed E-state index contributed by atoms with van der Waals surface area (Å²) in [6, 6.07) is 3.49. The van der Waals surface area contributed by atoms with E-state index in [0.29, 0.717) is 0 Å². The quantitative estimate of drug-likeness (QED) is 0.601. The molecule has 0 aliphatic rings. The van der Waals surface area contributed by atoms with Gasteiger partial charge in [0.25, 0.3) is 10.1 Å². The van der Waals surface area contributed by atoms with E-state index in [1.54, 1.807) is 0 Å². The first-order valence-electron chi connectivity index (χ1n) is 4.19. The molecule has 0 aromatic heterocycles. The van der Waals surface area contributed by atoms with Gasteiger partial charge in [0.15, 0.2) is 6.29 Å². The summed E-state index contributed by atoms with van der Waals surface area (Å²) in [5, 5.41) is 2.38. The molecule has 6 nitrogen and oxygen atoms in total. The van der Waals surface area contributed by atoms with Crippen LogP contribution in [-0.4, -0.2) is 25.2 Å². The molecule has 1 amide bonds. The van der Waals surface area contributed by atoms with Gasteiger partial charge in [0.1, 0.15) is 4.90 Å². The van der Waals surface area contributed by atoms with Crippen LogP contribution in [0.15, 0.2) is 23.1 Å². The fourth-order valence-corrected chi connectivity index (χ4v) is 1.80. The van der Waals surface area contributed by atoms with Crippen LogP contribution < -0.4 is 5.32 Å². The second-order valence-corrected chi connectivity index (χ2v) is 4.42. The van der Waals surface area contributed by atoms with Crippen LogP contribution in [0.25, 0.3) is 0 Å². The van der Waals surface area contributed by atoms with Crippen LogP contribution in [-0.2, 0) is 14.9 Å². The first-order valence-corrected chi connectivity index (χ1v) is 5.63. The van der Waals surface area contributed by atoms with Gasteiger partial charge in [0.2, 0.25) is 5.91 Å². The number of carbonyl (C=O) groups is 2. The van der Waals surface area contributed by atoms with E-state index in [4.69, 9.17) is 4.55 Å². The van der Waals surface area contributed by atoms with E-state index in [9.17, 15) is 18.0 Å². The van der Waals surface area contributed by atoms with Crippen LogP contribution in [0.4, 0.5) is 5.69 Å². The lowest BCUT2D eigenvalue weighted by atomic mass is 10.2. The Hall–Kier alpha value is -1.73. The number of carbonyl (C=O) groups excluding carboxylic acids is 2. The molecule has 2 N–H and O–H groups in total. The van der Waals surface area contributed by atoms with E-state index in [2.05, 4.69) is 5.32 Å². The third-order valence-corrected chi connectivity index (χ3v) is 2.66. The minimum absolute atomic E-state index is 0.214. The maximum Gasteiger partial charge on any atom is 0.295 e. The monoisotopic (exact) mass is 243 g/mol. The van der Waals surface area contributed by atoms with Gasteiger partial charge in [-0.05, 0) is 18.2 Å². The average molecular weight is 243 g/mol. The molecule has 0 bridgehead atoms. The Morgan fingerprint density at radius 1 is 1.44 bits per heavy atom. The molecule has 0 atom stereocenters. The van der Waals surface area contributed by atoms with Crippen LogP contribution in [0.3, 0.4) is 0 Å². The standard InChI is InChI=1S/C9H9NO5S/c1-6(12)10-8-2-3-9(16(13,14)15)7(4-8)5-11/h2-5H,1H3,(H,10,12)(H,13,14,15). The topological polar surface area (TPSA) is 101 Å². The summed E-state index contributed by atoms with van der Waals surface area (Å²) in [6.07, 6.45) is 0.286. The van der Waals surface area contributed by atoms with E-state index in [1.165, 1.54) is 13.0 Å². The lowest BCUT2D eigenvalue weighted by Gasteiger charge is -2.05. The normalized spacial score (nSPS) is 10.9. The molecule has 0 saturated heterocycles. The van der Waals surface area contributed by atoms with Crippen LogP contribution in [0, 0.1) is 0 Å². The molecule has 0 fully saturated rings. The zero-order chi connectivity index (χ0) is 12.3. The highest BCUT2D eigenvalue weighted by Crippen LogP contribution is 2.18. The van der Waals surface area contributed by atoms with E-state index in [1.807, 2.05) is 0 Å². The summed E-state index contributed by atoms with van der Waals surface area (Å²) in [6.45, 7) is 1.28. The number of anilines is 1. The van der Waals surface area contributed by atoms with Crippen molar-refractivity contribution in [1.82, 2.24) is 0 Å². The van der Waals surface area contributed by atoms with Gasteiger partial charge < -0.3 is 5.32 Å². The van der Waals surface area contributed by atoms with E-state index >= 15 is 0 Å². The third kappa shape index (κ3) is 2.88. The van der Waals surface area contributed by atoms with Crippen molar-refractivity contribution in [3.63, 3.8) is 0 Å². The van der Waals surface area contributed by atoms with Crippen molar-refractivity contribution in [1.29, 1.82) is 0 Å². The number of nitrogens with one attached hydrogen (secondary N) is 1. The molecule has 0 spiro atoms. The minimum Gasteiger partial charge on any atom is -0.326 e. The Bertz CT molecular complexity index is 535. The summed E-state index contributed by atoms with van der Waals surface area (Å²) >= 11 is 0. The summed E-state index contributed by atoms with van der Waals surface area (Å²) in [4.78, 5) is 20.9. The van der Waals surface area contributed by atoms with Gasteiger partial charge in [-0.3, -0.25) is 14.1 Å². The smallest absolute Gasteiger partial charge is 0.295 e. The summed E-state index contributed by atoms with van der Waals surface area (Å²) in [5.41, 5.74) is 0.0655. The lowest BCUT2D eigenvalue weighted by molar-refractivity contribution is -0.114. The molecule has 0 aliphatic carbocycles. The van der Waals surface area contributed by atoms with Gasteiger partial charge >= 0.3 is 0 Å². The molecule has 1 aromatic carbocycles. The zero-order valence-electron chi connectivity index (χ0n) is 8.30. The van der Waals surface area contributed by atoms with Crippen molar-refractivity contribution in [2.45, 2.75) is 11.8 Å². The van der Waals surface area contributed by atoms with E-state index in [-0.39, 0.29) is 23.4 Å². The fraction of sp³-hybridized carbons (Fsp3) is 0.111. The molecule has 0 unspecified atom stereocenters. The Morgan fingerprint density at radius 2 is 2.06 bits per heavy atom. The number of amides is 1. The molecule has 0 radical (unpaired) electrons. The molecule has 0 aliphatic heterocycles. The molecule has 0 heterocycles. The molecule has 16 heavy (non-hydrogen) atoms.